The van der Waals surface area contributed by atoms with E-state index in [1.807, 2.05) is 35.8 Å². The van der Waals surface area contributed by atoms with E-state index < -0.39 is 5.97 Å². The van der Waals surface area contributed by atoms with Crippen LogP contribution in [0.2, 0.25) is 10.0 Å². The van der Waals surface area contributed by atoms with Crippen molar-refractivity contribution in [3.8, 4) is 11.5 Å². The zero-order chi connectivity index (χ0) is 22.4. The molecular weight excluding hydrogens is 441 g/mol. The van der Waals surface area contributed by atoms with E-state index in [1.165, 1.54) is 0 Å². The average Bonchev–Trinajstić information content (AvgIpc) is 3.06. The Kier molecular flexibility index (Phi) is 8.07. The Morgan fingerprint density at radius 3 is 2.48 bits per heavy atom. The third-order valence-corrected chi connectivity index (χ3v) is 5.43. The summed E-state index contributed by atoms with van der Waals surface area (Å²) < 4.78 is 24.0. The minimum absolute atomic E-state index is 0.245. The maximum absolute atomic E-state index is 13.0. The lowest BCUT2D eigenvalue weighted by Gasteiger charge is -2.12. The highest BCUT2D eigenvalue weighted by atomic mass is 35.5. The molecule has 1 aromatic heterocycles. The second-order valence-electron chi connectivity index (χ2n) is 6.66. The van der Waals surface area contributed by atoms with E-state index in [-0.39, 0.29) is 6.61 Å². The molecule has 6 nitrogen and oxygen atoms in total. The Bertz CT molecular complexity index is 1060. The fraction of sp³-hybridized carbons (Fsp3) is 0.348. The van der Waals surface area contributed by atoms with Crippen molar-refractivity contribution >= 4 is 40.1 Å². The number of methoxy groups -OCH3 is 1. The first kappa shape index (κ1) is 23.3. The highest BCUT2D eigenvalue weighted by Crippen LogP contribution is 2.37. The Morgan fingerprint density at radius 1 is 1.00 bits per heavy atom. The van der Waals surface area contributed by atoms with Crippen LogP contribution in [0.5, 0.6) is 11.5 Å². The molecule has 166 valence electrons. The number of esters is 1. The van der Waals surface area contributed by atoms with Gasteiger partial charge in [0.15, 0.2) is 11.4 Å². The van der Waals surface area contributed by atoms with Crippen LogP contribution in [0, 0.1) is 0 Å². The molecule has 0 saturated heterocycles. The molecule has 0 aliphatic rings. The molecule has 0 atom stereocenters. The molecule has 3 rings (SSSR count). The number of aromatic nitrogens is 1. The minimum Gasteiger partial charge on any atom is -0.497 e. The van der Waals surface area contributed by atoms with Crippen molar-refractivity contribution in [2.24, 2.45) is 0 Å². The average molecular weight is 466 g/mol. The molecule has 0 saturated carbocycles. The summed E-state index contributed by atoms with van der Waals surface area (Å²) in [6.45, 7) is 5.59. The molecule has 0 aliphatic carbocycles. The highest BCUT2D eigenvalue weighted by molar-refractivity contribution is 6.42. The number of fused-ring (bicyclic) bond motifs is 1. The Labute approximate surface area is 191 Å². The number of nitrogens with zero attached hydrogens (tertiary/aromatic N) is 1. The molecule has 0 radical (unpaired) electrons. The fourth-order valence-corrected chi connectivity index (χ4v) is 3.63. The molecule has 3 aromatic rings. The van der Waals surface area contributed by atoms with Gasteiger partial charge in [0.05, 0.1) is 35.9 Å². The van der Waals surface area contributed by atoms with Gasteiger partial charge in [-0.25, -0.2) is 4.79 Å². The second kappa shape index (κ2) is 10.8. The summed E-state index contributed by atoms with van der Waals surface area (Å²) >= 11 is 12.3. The topological polar surface area (TPSA) is 58.9 Å². The van der Waals surface area contributed by atoms with Crippen LogP contribution in [0.1, 0.15) is 29.9 Å². The predicted molar refractivity (Wildman–Crippen MR) is 122 cm³/mol. The van der Waals surface area contributed by atoms with Gasteiger partial charge in [0.2, 0.25) is 0 Å². The molecule has 0 N–H and O–H groups in total. The Morgan fingerprint density at radius 2 is 1.81 bits per heavy atom. The maximum Gasteiger partial charge on any atom is 0.358 e. The molecule has 1 heterocycles. The lowest BCUT2D eigenvalue weighted by atomic mass is 10.2. The number of hydrogen-bond acceptors (Lipinski definition) is 5. The molecule has 2 aromatic carbocycles. The van der Waals surface area contributed by atoms with Crippen LogP contribution < -0.4 is 9.47 Å². The van der Waals surface area contributed by atoms with E-state index in [0.29, 0.717) is 53.6 Å². The van der Waals surface area contributed by atoms with Crippen LogP contribution in [0.15, 0.2) is 36.4 Å². The molecule has 0 bridgehead atoms. The molecule has 0 amide bonds. The Hall–Kier alpha value is -2.41. The van der Waals surface area contributed by atoms with Crippen LogP contribution in [0.25, 0.3) is 10.9 Å². The van der Waals surface area contributed by atoms with Gasteiger partial charge in [0, 0.05) is 18.5 Å². The lowest BCUT2D eigenvalue weighted by Crippen LogP contribution is -2.15. The van der Waals surface area contributed by atoms with Gasteiger partial charge in [-0.1, -0.05) is 29.3 Å². The number of carbonyl (C=O) groups is 1. The Balaban J connectivity index is 2.15. The molecule has 8 heteroatoms. The van der Waals surface area contributed by atoms with E-state index >= 15 is 0 Å². The van der Waals surface area contributed by atoms with Gasteiger partial charge >= 0.3 is 5.97 Å². The molecule has 31 heavy (non-hydrogen) atoms. The summed E-state index contributed by atoms with van der Waals surface area (Å²) in [4.78, 5) is 13.0. The van der Waals surface area contributed by atoms with E-state index in [0.717, 1.165) is 16.5 Å². The molecule has 0 unspecified atom stereocenters. The van der Waals surface area contributed by atoms with Crippen molar-refractivity contribution in [1.29, 1.82) is 0 Å². The van der Waals surface area contributed by atoms with Crippen molar-refractivity contribution in [1.82, 2.24) is 4.57 Å². The quantitative estimate of drug-likeness (QED) is 0.288. The zero-order valence-electron chi connectivity index (χ0n) is 17.7. The van der Waals surface area contributed by atoms with Crippen LogP contribution >= 0.6 is 23.2 Å². The molecule has 0 aliphatic heterocycles. The monoisotopic (exact) mass is 465 g/mol. The summed E-state index contributed by atoms with van der Waals surface area (Å²) in [5.74, 6) is 0.625. The number of hydrogen-bond donors (Lipinski definition) is 0. The number of halogens is 2. The first-order chi connectivity index (χ1) is 15.0. The van der Waals surface area contributed by atoms with Crippen molar-refractivity contribution in [2.45, 2.75) is 20.4 Å². The number of ether oxygens (including phenoxy) is 4. The van der Waals surface area contributed by atoms with Crippen LogP contribution in [-0.2, 0) is 16.0 Å². The summed E-state index contributed by atoms with van der Waals surface area (Å²) in [7, 11) is 1.59. The van der Waals surface area contributed by atoms with Crippen molar-refractivity contribution in [3.63, 3.8) is 0 Å². The van der Waals surface area contributed by atoms with Gasteiger partial charge in [0.1, 0.15) is 12.4 Å². The van der Waals surface area contributed by atoms with Gasteiger partial charge < -0.3 is 23.5 Å². The summed E-state index contributed by atoms with van der Waals surface area (Å²) in [6.07, 6.45) is 0. The number of benzene rings is 2. The predicted octanol–water partition coefficient (Wildman–Crippen LogP) is 5.60. The van der Waals surface area contributed by atoms with Gasteiger partial charge in [-0.2, -0.15) is 0 Å². The van der Waals surface area contributed by atoms with E-state index in [4.69, 9.17) is 42.1 Å². The number of rotatable bonds is 10. The third kappa shape index (κ3) is 5.26. The number of carbonyl (C=O) groups excluding carboxylic acids is 1. The van der Waals surface area contributed by atoms with E-state index in [2.05, 4.69) is 0 Å². The standard InChI is InChI=1S/C23H25Cl2NO5/c1-4-29-10-11-31-22-17-13-16(28-3)7-9-20(17)26(21(22)23(27)30-5-2)14-15-6-8-18(24)19(25)12-15/h6-9,12-13H,4-5,10-11,14H2,1-3H3. The maximum atomic E-state index is 13.0. The SMILES string of the molecule is CCOCCOc1c(C(=O)OCC)n(Cc2ccc(Cl)c(Cl)c2)c2ccc(OC)cc12. The van der Waals surface area contributed by atoms with Gasteiger partial charge in [-0.15, -0.1) is 0 Å². The first-order valence-corrected chi connectivity index (χ1v) is 10.8. The summed E-state index contributed by atoms with van der Waals surface area (Å²) in [5, 5.41) is 1.67. The van der Waals surface area contributed by atoms with Crippen LogP contribution in [0.3, 0.4) is 0 Å². The van der Waals surface area contributed by atoms with Gasteiger partial charge in [0.25, 0.3) is 0 Å². The van der Waals surface area contributed by atoms with Crippen LogP contribution in [-0.4, -0.2) is 44.1 Å². The molecular formula is C23H25Cl2NO5. The molecule has 0 fully saturated rings. The van der Waals surface area contributed by atoms with E-state index in [1.54, 1.807) is 26.2 Å². The summed E-state index contributed by atoms with van der Waals surface area (Å²) in [6, 6.07) is 11.0. The van der Waals surface area contributed by atoms with Gasteiger partial charge in [-0.05, 0) is 49.7 Å². The first-order valence-electron chi connectivity index (χ1n) is 10.0. The third-order valence-electron chi connectivity index (χ3n) is 4.70. The largest absolute Gasteiger partial charge is 0.497 e. The zero-order valence-corrected chi connectivity index (χ0v) is 19.3. The van der Waals surface area contributed by atoms with Crippen molar-refractivity contribution in [2.75, 3.05) is 33.5 Å². The smallest absolute Gasteiger partial charge is 0.358 e. The second-order valence-corrected chi connectivity index (χ2v) is 7.48. The normalized spacial score (nSPS) is 11.0. The van der Waals surface area contributed by atoms with Crippen molar-refractivity contribution in [3.05, 3.63) is 57.7 Å². The summed E-state index contributed by atoms with van der Waals surface area (Å²) in [5.41, 5.74) is 2.02. The fourth-order valence-electron chi connectivity index (χ4n) is 3.31. The highest BCUT2D eigenvalue weighted by Gasteiger charge is 2.26. The van der Waals surface area contributed by atoms with Crippen LogP contribution in [0.4, 0.5) is 0 Å². The molecule has 0 spiro atoms. The van der Waals surface area contributed by atoms with Crippen molar-refractivity contribution < 1.29 is 23.7 Å². The van der Waals surface area contributed by atoms with Gasteiger partial charge in [-0.3, -0.25) is 0 Å². The lowest BCUT2D eigenvalue weighted by molar-refractivity contribution is 0.0506. The van der Waals surface area contributed by atoms with E-state index in [9.17, 15) is 4.79 Å². The minimum atomic E-state index is -0.468.